The lowest BCUT2D eigenvalue weighted by Gasteiger charge is -2.36. The average molecular weight is 346 g/mol. The molecule has 1 amide bonds. The number of likely N-dealkylation sites (tertiary alicyclic amines) is 1. The molecule has 0 radical (unpaired) electrons. The first-order valence-corrected chi connectivity index (χ1v) is 9.06. The van der Waals surface area contributed by atoms with E-state index < -0.39 is 4.92 Å². The molecule has 1 aromatic rings. The highest BCUT2D eigenvalue weighted by Crippen LogP contribution is 2.30. The maximum absolute atomic E-state index is 12.2. The van der Waals surface area contributed by atoms with Gasteiger partial charge in [0.15, 0.2) is 0 Å². The number of hydrogen-bond donors (Lipinski definition) is 1. The zero-order valence-corrected chi connectivity index (χ0v) is 14.7. The first-order valence-electron chi connectivity index (χ1n) is 9.06. The third-order valence-electron chi connectivity index (χ3n) is 5.33. The number of anilines is 1. The number of amides is 1. The van der Waals surface area contributed by atoms with Crippen molar-refractivity contribution in [3.8, 4) is 0 Å². The van der Waals surface area contributed by atoms with Crippen molar-refractivity contribution >= 4 is 17.3 Å². The molecular formula is C18H26N4O3. The van der Waals surface area contributed by atoms with Gasteiger partial charge in [-0.15, -0.1) is 0 Å². The highest BCUT2D eigenvalue weighted by Gasteiger charge is 2.26. The predicted molar refractivity (Wildman–Crippen MR) is 97.1 cm³/mol. The lowest BCUT2D eigenvalue weighted by molar-refractivity contribution is -0.384. The van der Waals surface area contributed by atoms with E-state index in [2.05, 4.69) is 15.1 Å². The maximum Gasteiger partial charge on any atom is 0.270 e. The van der Waals surface area contributed by atoms with Gasteiger partial charge < -0.3 is 15.1 Å². The summed E-state index contributed by atoms with van der Waals surface area (Å²) in [7, 11) is 1.55. The standard InChI is InChI=1S/C18H26N4O3/c1-19-18(23)16-12-15(22(24)25)4-5-17(16)21-10-6-14(7-11-21)13-20-8-2-3-9-20/h4-5,12,14H,2-3,6-11,13H2,1H3,(H,19,23). The van der Waals surface area contributed by atoms with Crippen LogP contribution in [-0.4, -0.2) is 55.5 Å². The fraction of sp³-hybridized carbons (Fsp3) is 0.611. The molecule has 136 valence electrons. The summed E-state index contributed by atoms with van der Waals surface area (Å²) in [6, 6.07) is 4.58. The molecule has 3 rings (SSSR count). The van der Waals surface area contributed by atoms with E-state index in [1.807, 2.05) is 0 Å². The van der Waals surface area contributed by atoms with Crippen molar-refractivity contribution in [1.82, 2.24) is 10.2 Å². The van der Waals surface area contributed by atoms with Gasteiger partial charge in [0, 0.05) is 38.8 Å². The van der Waals surface area contributed by atoms with Crippen LogP contribution in [0.3, 0.4) is 0 Å². The molecule has 2 saturated heterocycles. The van der Waals surface area contributed by atoms with E-state index in [-0.39, 0.29) is 11.6 Å². The van der Waals surface area contributed by atoms with Crippen LogP contribution in [0.15, 0.2) is 18.2 Å². The Morgan fingerprint density at radius 1 is 1.24 bits per heavy atom. The van der Waals surface area contributed by atoms with Gasteiger partial charge in [-0.25, -0.2) is 0 Å². The Morgan fingerprint density at radius 3 is 2.52 bits per heavy atom. The Bertz CT molecular complexity index is 635. The van der Waals surface area contributed by atoms with E-state index in [9.17, 15) is 14.9 Å². The summed E-state index contributed by atoms with van der Waals surface area (Å²) in [4.78, 5) is 27.5. The van der Waals surface area contributed by atoms with Gasteiger partial charge in [0.25, 0.3) is 11.6 Å². The quantitative estimate of drug-likeness (QED) is 0.653. The van der Waals surface area contributed by atoms with E-state index in [1.54, 1.807) is 13.1 Å². The molecule has 25 heavy (non-hydrogen) atoms. The number of nitrogens with zero attached hydrogens (tertiary/aromatic N) is 3. The number of carbonyl (C=O) groups excluding carboxylic acids is 1. The predicted octanol–water partition coefficient (Wildman–Crippen LogP) is 2.27. The van der Waals surface area contributed by atoms with E-state index in [1.165, 1.54) is 44.6 Å². The van der Waals surface area contributed by atoms with Gasteiger partial charge in [0.1, 0.15) is 0 Å². The monoisotopic (exact) mass is 346 g/mol. The summed E-state index contributed by atoms with van der Waals surface area (Å²) >= 11 is 0. The summed E-state index contributed by atoms with van der Waals surface area (Å²) in [6.45, 7) is 5.41. The van der Waals surface area contributed by atoms with Crippen molar-refractivity contribution in [2.75, 3.05) is 44.7 Å². The minimum Gasteiger partial charge on any atom is -0.371 e. The van der Waals surface area contributed by atoms with Crippen LogP contribution in [0.4, 0.5) is 11.4 Å². The van der Waals surface area contributed by atoms with Gasteiger partial charge >= 0.3 is 0 Å². The van der Waals surface area contributed by atoms with Gasteiger partial charge in [-0.3, -0.25) is 14.9 Å². The van der Waals surface area contributed by atoms with Gasteiger partial charge in [-0.05, 0) is 50.8 Å². The van der Waals surface area contributed by atoms with Crippen LogP contribution in [-0.2, 0) is 0 Å². The number of piperidine rings is 1. The van der Waals surface area contributed by atoms with Crippen LogP contribution >= 0.6 is 0 Å². The number of carbonyl (C=O) groups is 1. The molecule has 2 heterocycles. The van der Waals surface area contributed by atoms with Crippen molar-refractivity contribution in [3.63, 3.8) is 0 Å². The van der Waals surface area contributed by atoms with E-state index in [0.29, 0.717) is 11.5 Å². The number of nitrogens with one attached hydrogen (secondary N) is 1. The Kier molecular flexibility index (Phi) is 5.53. The molecule has 7 heteroatoms. The first-order chi connectivity index (χ1) is 12.1. The Labute approximate surface area is 148 Å². The van der Waals surface area contributed by atoms with Crippen LogP contribution in [0.1, 0.15) is 36.0 Å². The SMILES string of the molecule is CNC(=O)c1cc([N+](=O)[O-])ccc1N1CCC(CN2CCCC2)CC1. The lowest BCUT2D eigenvalue weighted by Crippen LogP contribution is -2.39. The number of rotatable bonds is 5. The number of hydrogen-bond acceptors (Lipinski definition) is 5. The average Bonchev–Trinajstić information content (AvgIpc) is 3.14. The molecule has 2 aliphatic heterocycles. The maximum atomic E-state index is 12.2. The van der Waals surface area contributed by atoms with Crippen LogP contribution in [0.25, 0.3) is 0 Å². The van der Waals surface area contributed by atoms with Crippen LogP contribution < -0.4 is 10.2 Å². The molecule has 0 atom stereocenters. The lowest BCUT2D eigenvalue weighted by atomic mass is 9.95. The molecule has 1 N–H and O–H groups in total. The molecule has 2 aliphatic rings. The second-order valence-corrected chi connectivity index (χ2v) is 6.98. The fourth-order valence-corrected chi connectivity index (χ4v) is 3.92. The molecule has 0 bridgehead atoms. The highest BCUT2D eigenvalue weighted by molar-refractivity contribution is 6.00. The summed E-state index contributed by atoms with van der Waals surface area (Å²) in [5.41, 5.74) is 1.13. The number of benzene rings is 1. The number of nitro groups is 1. The third kappa shape index (κ3) is 4.10. The van der Waals surface area contributed by atoms with Crippen molar-refractivity contribution in [3.05, 3.63) is 33.9 Å². The summed E-state index contributed by atoms with van der Waals surface area (Å²) in [5, 5.41) is 13.6. The van der Waals surface area contributed by atoms with E-state index in [0.717, 1.165) is 31.6 Å². The normalized spacial score (nSPS) is 19.2. The highest BCUT2D eigenvalue weighted by atomic mass is 16.6. The Hall–Kier alpha value is -2.15. The summed E-state index contributed by atoms with van der Waals surface area (Å²) in [5.74, 6) is 0.425. The summed E-state index contributed by atoms with van der Waals surface area (Å²) in [6.07, 6.45) is 4.83. The van der Waals surface area contributed by atoms with Crippen molar-refractivity contribution in [1.29, 1.82) is 0 Å². The minimum atomic E-state index is -0.460. The van der Waals surface area contributed by atoms with Crippen LogP contribution in [0, 0.1) is 16.0 Å². The Balaban J connectivity index is 1.69. The van der Waals surface area contributed by atoms with E-state index >= 15 is 0 Å². The van der Waals surface area contributed by atoms with Crippen molar-refractivity contribution in [2.45, 2.75) is 25.7 Å². The second-order valence-electron chi connectivity index (χ2n) is 6.98. The second kappa shape index (κ2) is 7.82. The molecule has 0 saturated carbocycles. The van der Waals surface area contributed by atoms with Crippen molar-refractivity contribution < 1.29 is 9.72 Å². The molecule has 0 aliphatic carbocycles. The molecule has 2 fully saturated rings. The molecule has 0 unspecified atom stereocenters. The van der Waals surface area contributed by atoms with Crippen molar-refractivity contribution in [2.24, 2.45) is 5.92 Å². The van der Waals surface area contributed by atoms with Gasteiger partial charge in [0.05, 0.1) is 16.2 Å². The molecular weight excluding hydrogens is 320 g/mol. The Morgan fingerprint density at radius 2 is 1.92 bits per heavy atom. The molecule has 7 nitrogen and oxygen atoms in total. The fourth-order valence-electron chi connectivity index (χ4n) is 3.92. The van der Waals surface area contributed by atoms with Crippen LogP contribution in [0.2, 0.25) is 0 Å². The van der Waals surface area contributed by atoms with Gasteiger partial charge in [0.2, 0.25) is 0 Å². The first kappa shape index (κ1) is 17.7. The zero-order valence-electron chi connectivity index (χ0n) is 14.7. The minimum absolute atomic E-state index is 0.0498. The largest absolute Gasteiger partial charge is 0.371 e. The number of non-ortho nitro benzene ring substituents is 1. The number of nitro benzene ring substituents is 1. The zero-order chi connectivity index (χ0) is 17.8. The molecule has 1 aromatic carbocycles. The topological polar surface area (TPSA) is 78.7 Å². The summed E-state index contributed by atoms with van der Waals surface area (Å²) < 4.78 is 0. The van der Waals surface area contributed by atoms with E-state index in [4.69, 9.17) is 0 Å². The van der Waals surface area contributed by atoms with Crippen LogP contribution in [0.5, 0.6) is 0 Å². The van der Waals surface area contributed by atoms with Gasteiger partial charge in [-0.2, -0.15) is 0 Å². The van der Waals surface area contributed by atoms with Gasteiger partial charge in [-0.1, -0.05) is 0 Å². The molecule has 0 aromatic heterocycles. The molecule has 0 spiro atoms. The third-order valence-corrected chi connectivity index (χ3v) is 5.33. The smallest absolute Gasteiger partial charge is 0.270 e.